The van der Waals surface area contributed by atoms with Crippen LogP contribution in [0.4, 0.5) is 4.79 Å². The van der Waals surface area contributed by atoms with E-state index in [2.05, 4.69) is 4.98 Å². The molecule has 6 nitrogen and oxygen atoms in total. The maximum absolute atomic E-state index is 11.9. The average Bonchev–Trinajstić information content (AvgIpc) is 2.40. The van der Waals surface area contributed by atoms with Gasteiger partial charge in [0.05, 0.1) is 6.20 Å². The maximum Gasteiger partial charge on any atom is 0.410 e. The number of rotatable bonds is 2. The zero-order valence-corrected chi connectivity index (χ0v) is 12.7. The summed E-state index contributed by atoms with van der Waals surface area (Å²) in [4.78, 5) is 17.6. The van der Waals surface area contributed by atoms with Crippen molar-refractivity contribution < 1.29 is 19.4 Å². The van der Waals surface area contributed by atoms with Gasteiger partial charge < -0.3 is 19.5 Å². The summed E-state index contributed by atoms with van der Waals surface area (Å²) in [5, 5.41) is 9.18. The lowest BCUT2D eigenvalue weighted by molar-refractivity contribution is 0.0123. The second-order valence-corrected chi connectivity index (χ2v) is 6.14. The number of amides is 1. The Kier molecular flexibility index (Phi) is 4.55. The highest BCUT2D eigenvalue weighted by Gasteiger charge is 2.27. The van der Waals surface area contributed by atoms with E-state index in [-0.39, 0.29) is 17.9 Å². The van der Waals surface area contributed by atoms with Gasteiger partial charge >= 0.3 is 6.09 Å². The Labute approximate surface area is 124 Å². The number of hydrogen-bond donors (Lipinski definition) is 1. The first-order valence-electron chi connectivity index (χ1n) is 7.13. The smallest absolute Gasteiger partial charge is 0.410 e. The van der Waals surface area contributed by atoms with Gasteiger partial charge in [-0.2, -0.15) is 0 Å². The van der Waals surface area contributed by atoms with Crippen LogP contribution in [-0.4, -0.2) is 45.9 Å². The minimum absolute atomic E-state index is 0.0285. The molecule has 0 spiro atoms. The van der Waals surface area contributed by atoms with Gasteiger partial charge in [-0.05, 0) is 26.8 Å². The molecule has 0 unspecified atom stereocenters. The maximum atomic E-state index is 11.9. The third-order valence-corrected chi connectivity index (χ3v) is 3.10. The van der Waals surface area contributed by atoms with E-state index in [0.717, 1.165) is 12.8 Å². The van der Waals surface area contributed by atoms with Crippen LogP contribution in [0, 0.1) is 0 Å². The fourth-order valence-corrected chi connectivity index (χ4v) is 2.10. The Morgan fingerprint density at radius 1 is 1.33 bits per heavy atom. The summed E-state index contributed by atoms with van der Waals surface area (Å²) in [5.41, 5.74) is -0.472. The van der Waals surface area contributed by atoms with Crippen LogP contribution in [0.5, 0.6) is 11.6 Å². The molecule has 0 atom stereocenters. The van der Waals surface area contributed by atoms with Crippen molar-refractivity contribution in [2.45, 2.75) is 45.3 Å². The van der Waals surface area contributed by atoms with Crippen molar-refractivity contribution in [3.8, 4) is 11.6 Å². The van der Waals surface area contributed by atoms with Crippen molar-refractivity contribution in [1.82, 2.24) is 9.88 Å². The topological polar surface area (TPSA) is 71.9 Å². The number of carbonyl (C=O) groups is 1. The van der Waals surface area contributed by atoms with Crippen molar-refractivity contribution in [3.63, 3.8) is 0 Å². The van der Waals surface area contributed by atoms with Crippen LogP contribution in [0.3, 0.4) is 0 Å². The number of likely N-dealkylation sites (tertiary alicyclic amines) is 1. The fourth-order valence-electron chi connectivity index (χ4n) is 2.10. The van der Waals surface area contributed by atoms with Gasteiger partial charge in [0, 0.05) is 32.0 Å². The molecule has 0 aromatic carbocycles. The molecule has 0 saturated carbocycles. The standard InChI is InChI=1S/C15H22N2O4/c1-15(2,3)21-14(19)17-8-6-12(7-9-17)20-13-5-4-11(18)10-16-13/h4-5,10,12,18H,6-9H2,1-3H3. The number of piperidine rings is 1. The van der Waals surface area contributed by atoms with E-state index < -0.39 is 5.60 Å². The zero-order chi connectivity index (χ0) is 15.5. The summed E-state index contributed by atoms with van der Waals surface area (Å²) in [6.45, 7) is 6.79. The lowest BCUT2D eigenvalue weighted by Gasteiger charge is -2.33. The minimum atomic E-state index is -0.472. The quantitative estimate of drug-likeness (QED) is 0.907. The predicted molar refractivity (Wildman–Crippen MR) is 77.4 cm³/mol. The zero-order valence-electron chi connectivity index (χ0n) is 12.7. The third kappa shape index (κ3) is 4.81. The van der Waals surface area contributed by atoms with Crippen molar-refractivity contribution >= 4 is 6.09 Å². The number of aromatic nitrogens is 1. The van der Waals surface area contributed by atoms with Crippen LogP contribution in [0.25, 0.3) is 0 Å². The van der Waals surface area contributed by atoms with Gasteiger partial charge in [-0.25, -0.2) is 9.78 Å². The normalized spacial score (nSPS) is 16.6. The third-order valence-electron chi connectivity index (χ3n) is 3.10. The molecule has 1 saturated heterocycles. The van der Waals surface area contributed by atoms with Crippen LogP contribution in [0.15, 0.2) is 18.3 Å². The monoisotopic (exact) mass is 294 g/mol. The number of aromatic hydroxyl groups is 1. The number of ether oxygens (including phenoxy) is 2. The first-order chi connectivity index (χ1) is 9.83. The molecule has 21 heavy (non-hydrogen) atoms. The Morgan fingerprint density at radius 3 is 2.52 bits per heavy atom. The summed E-state index contributed by atoms with van der Waals surface area (Å²) in [6, 6.07) is 3.17. The molecule has 6 heteroatoms. The number of nitrogens with zero attached hydrogens (tertiary/aromatic N) is 2. The summed E-state index contributed by atoms with van der Waals surface area (Å²) in [5.74, 6) is 0.602. The van der Waals surface area contributed by atoms with E-state index in [9.17, 15) is 9.90 Å². The van der Waals surface area contributed by atoms with E-state index in [4.69, 9.17) is 9.47 Å². The van der Waals surface area contributed by atoms with Gasteiger partial charge in [-0.3, -0.25) is 0 Å². The van der Waals surface area contributed by atoms with E-state index in [1.54, 1.807) is 11.0 Å². The molecule has 1 N–H and O–H groups in total. The van der Waals surface area contributed by atoms with Gasteiger partial charge in [-0.1, -0.05) is 0 Å². The molecule has 0 radical (unpaired) electrons. The van der Waals surface area contributed by atoms with Gasteiger partial charge in [-0.15, -0.1) is 0 Å². The molecular formula is C15H22N2O4. The predicted octanol–water partition coefficient (Wildman–Crippen LogP) is 2.57. The fraction of sp³-hybridized carbons (Fsp3) is 0.600. The molecule has 1 aliphatic heterocycles. The largest absolute Gasteiger partial charge is 0.506 e. The van der Waals surface area contributed by atoms with Crippen molar-refractivity contribution in [2.24, 2.45) is 0 Å². The average molecular weight is 294 g/mol. The molecule has 2 heterocycles. The number of hydrogen-bond acceptors (Lipinski definition) is 5. The van der Waals surface area contributed by atoms with E-state index in [1.165, 1.54) is 12.3 Å². The second kappa shape index (κ2) is 6.20. The molecule has 1 aromatic heterocycles. The Bertz CT molecular complexity index is 473. The van der Waals surface area contributed by atoms with Crippen LogP contribution in [0.1, 0.15) is 33.6 Å². The molecule has 1 amide bonds. The van der Waals surface area contributed by atoms with Gasteiger partial charge in [0.2, 0.25) is 5.88 Å². The van der Waals surface area contributed by atoms with E-state index in [0.29, 0.717) is 19.0 Å². The van der Waals surface area contributed by atoms with Gasteiger partial charge in [0.15, 0.2) is 0 Å². The summed E-state index contributed by atoms with van der Waals surface area (Å²) >= 11 is 0. The molecule has 0 aliphatic carbocycles. The van der Waals surface area contributed by atoms with Crippen LogP contribution in [-0.2, 0) is 4.74 Å². The van der Waals surface area contributed by atoms with Crippen molar-refractivity contribution in [3.05, 3.63) is 18.3 Å². The summed E-state index contributed by atoms with van der Waals surface area (Å²) in [6.07, 6.45) is 2.58. The highest BCUT2D eigenvalue weighted by Crippen LogP contribution is 2.20. The highest BCUT2D eigenvalue weighted by molar-refractivity contribution is 5.68. The first-order valence-corrected chi connectivity index (χ1v) is 7.13. The first kappa shape index (κ1) is 15.4. The molecule has 0 bridgehead atoms. The molecule has 2 rings (SSSR count). The van der Waals surface area contributed by atoms with Crippen LogP contribution in [0.2, 0.25) is 0 Å². The number of pyridine rings is 1. The SMILES string of the molecule is CC(C)(C)OC(=O)N1CCC(Oc2ccc(O)cn2)CC1. The number of carbonyl (C=O) groups excluding carboxylic acids is 1. The van der Waals surface area contributed by atoms with Crippen molar-refractivity contribution in [2.75, 3.05) is 13.1 Å². The summed E-state index contributed by atoms with van der Waals surface area (Å²) < 4.78 is 11.1. The molecular weight excluding hydrogens is 272 g/mol. The Balaban J connectivity index is 1.80. The lowest BCUT2D eigenvalue weighted by atomic mass is 10.1. The van der Waals surface area contributed by atoms with Crippen LogP contribution >= 0.6 is 0 Å². The van der Waals surface area contributed by atoms with Crippen molar-refractivity contribution in [1.29, 1.82) is 0 Å². The summed E-state index contributed by atoms with van der Waals surface area (Å²) in [7, 11) is 0. The minimum Gasteiger partial charge on any atom is -0.506 e. The Morgan fingerprint density at radius 2 is 2.00 bits per heavy atom. The Hall–Kier alpha value is -1.98. The van der Waals surface area contributed by atoms with Crippen LogP contribution < -0.4 is 4.74 Å². The molecule has 1 aromatic rings. The molecule has 1 fully saturated rings. The molecule has 1 aliphatic rings. The van der Waals surface area contributed by atoms with E-state index >= 15 is 0 Å². The van der Waals surface area contributed by atoms with Gasteiger partial charge in [0.1, 0.15) is 17.5 Å². The van der Waals surface area contributed by atoms with E-state index in [1.807, 2.05) is 20.8 Å². The highest BCUT2D eigenvalue weighted by atomic mass is 16.6. The second-order valence-electron chi connectivity index (χ2n) is 6.14. The molecule has 116 valence electrons. The lowest BCUT2D eigenvalue weighted by Crippen LogP contribution is -2.44. The van der Waals surface area contributed by atoms with Gasteiger partial charge in [0.25, 0.3) is 0 Å².